The molecule has 0 radical (unpaired) electrons. The second kappa shape index (κ2) is 8.59. The number of halogens is 1. The first-order valence-corrected chi connectivity index (χ1v) is 12.2. The normalized spacial score (nSPS) is 22.1. The fourth-order valence-electron chi connectivity index (χ4n) is 3.58. The van der Waals surface area contributed by atoms with Gasteiger partial charge >= 0.3 is 0 Å². The van der Waals surface area contributed by atoms with Crippen molar-refractivity contribution in [2.75, 3.05) is 39.3 Å². The monoisotopic (exact) mass is 477 g/mol. The molecule has 0 spiro atoms. The second-order valence-corrected chi connectivity index (χ2v) is 11.4. The molecule has 3 rings (SSSR count). The van der Waals surface area contributed by atoms with Gasteiger partial charge in [-0.05, 0) is 40.9 Å². The van der Waals surface area contributed by atoms with Crippen LogP contribution in [0.25, 0.3) is 0 Å². The Labute approximate surface area is 172 Å². The summed E-state index contributed by atoms with van der Waals surface area (Å²) >= 11 is 4.49. The van der Waals surface area contributed by atoms with E-state index in [9.17, 15) is 18.0 Å². The Bertz CT molecular complexity index is 803. The lowest BCUT2D eigenvalue weighted by Gasteiger charge is -2.38. The zero-order valence-electron chi connectivity index (χ0n) is 15.3. The molecule has 2 aliphatic heterocycles. The van der Waals surface area contributed by atoms with Crippen molar-refractivity contribution >= 4 is 49.1 Å². The van der Waals surface area contributed by atoms with Gasteiger partial charge in [-0.15, -0.1) is 11.3 Å². The third kappa shape index (κ3) is 4.55. The molecule has 0 aliphatic carbocycles. The number of piperazine rings is 1. The second-order valence-electron chi connectivity index (χ2n) is 6.82. The molecule has 10 heteroatoms. The van der Waals surface area contributed by atoms with Gasteiger partial charge in [0, 0.05) is 45.7 Å². The molecule has 27 heavy (non-hydrogen) atoms. The Morgan fingerprint density at radius 1 is 1.15 bits per heavy atom. The van der Waals surface area contributed by atoms with Crippen LogP contribution in [0.2, 0.25) is 0 Å². The third-order valence-corrected chi connectivity index (χ3v) is 9.08. The zero-order chi connectivity index (χ0) is 19.6. The Morgan fingerprint density at radius 3 is 2.41 bits per heavy atom. The molecule has 0 N–H and O–H groups in total. The molecule has 2 fully saturated rings. The number of amides is 2. The maximum Gasteiger partial charge on any atom is 0.252 e. The van der Waals surface area contributed by atoms with Gasteiger partial charge in [0.2, 0.25) is 11.8 Å². The van der Waals surface area contributed by atoms with Crippen LogP contribution in [-0.2, 0) is 19.6 Å². The number of carbonyl (C=O) groups excluding carboxylic acids is 2. The van der Waals surface area contributed by atoms with E-state index < -0.39 is 10.0 Å². The smallest absolute Gasteiger partial charge is 0.252 e. The summed E-state index contributed by atoms with van der Waals surface area (Å²) in [5, 5.41) is 0. The third-order valence-electron chi connectivity index (χ3n) is 5.12. The van der Waals surface area contributed by atoms with E-state index in [0.29, 0.717) is 56.2 Å². The molecule has 3 heterocycles. The summed E-state index contributed by atoms with van der Waals surface area (Å²) in [7, 11) is -3.56. The summed E-state index contributed by atoms with van der Waals surface area (Å²) in [5.74, 6) is -0.199. The lowest BCUT2D eigenvalue weighted by molar-refractivity contribution is -0.142. The highest BCUT2D eigenvalue weighted by Crippen LogP contribution is 2.31. The van der Waals surface area contributed by atoms with E-state index in [1.165, 1.54) is 15.6 Å². The van der Waals surface area contributed by atoms with E-state index in [1.807, 2.05) is 6.92 Å². The largest absolute Gasteiger partial charge is 0.339 e. The van der Waals surface area contributed by atoms with Gasteiger partial charge < -0.3 is 9.80 Å². The summed E-state index contributed by atoms with van der Waals surface area (Å²) in [6.45, 7) is 4.65. The maximum absolute atomic E-state index is 12.9. The van der Waals surface area contributed by atoms with Crippen molar-refractivity contribution in [2.24, 2.45) is 5.92 Å². The van der Waals surface area contributed by atoms with Crippen LogP contribution in [0.3, 0.4) is 0 Å². The van der Waals surface area contributed by atoms with Crippen molar-refractivity contribution in [1.29, 1.82) is 0 Å². The van der Waals surface area contributed by atoms with Crippen LogP contribution in [-0.4, -0.2) is 73.6 Å². The number of sulfonamides is 1. The number of rotatable bonds is 4. The van der Waals surface area contributed by atoms with E-state index in [1.54, 1.807) is 21.9 Å². The van der Waals surface area contributed by atoms with Gasteiger partial charge in [-0.3, -0.25) is 9.59 Å². The highest BCUT2D eigenvalue weighted by Gasteiger charge is 2.36. The molecular weight excluding hydrogens is 454 g/mol. The van der Waals surface area contributed by atoms with E-state index in [0.717, 1.165) is 3.79 Å². The number of hydrogen-bond donors (Lipinski definition) is 0. The topological polar surface area (TPSA) is 78.0 Å². The predicted molar refractivity (Wildman–Crippen MR) is 107 cm³/mol. The summed E-state index contributed by atoms with van der Waals surface area (Å²) in [6, 6.07) is 3.32. The molecular formula is C17H24BrN3O4S2. The number of hydrogen-bond acceptors (Lipinski definition) is 5. The van der Waals surface area contributed by atoms with Crippen molar-refractivity contribution in [3.05, 3.63) is 15.9 Å². The van der Waals surface area contributed by atoms with Crippen molar-refractivity contribution in [3.8, 4) is 0 Å². The van der Waals surface area contributed by atoms with Gasteiger partial charge in [-0.2, -0.15) is 4.31 Å². The quantitative estimate of drug-likeness (QED) is 0.664. The van der Waals surface area contributed by atoms with Gasteiger partial charge in [0.25, 0.3) is 10.0 Å². The van der Waals surface area contributed by atoms with Crippen LogP contribution in [0.15, 0.2) is 20.1 Å². The fourth-order valence-corrected chi connectivity index (χ4v) is 7.27. The van der Waals surface area contributed by atoms with E-state index in [4.69, 9.17) is 0 Å². The minimum atomic E-state index is -3.56. The first-order chi connectivity index (χ1) is 12.8. The van der Waals surface area contributed by atoms with Crippen LogP contribution < -0.4 is 0 Å². The van der Waals surface area contributed by atoms with Gasteiger partial charge in [-0.1, -0.05) is 6.92 Å². The lowest BCUT2D eigenvalue weighted by Crippen LogP contribution is -2.54. The number of nitrogens with zero attached hydrogens (tertiary/aromatic N) is 3. The van der Waals surface area contributed by atoms with Crippen LogP contribution in [0, 0.1) is 5.92 Å². The molecule has 150 valence electrons. The van der Waals surface area contributed by atoms with Crippen molar-refractivity contribution in [1.82, 2.24) is 14.1 Å². The van der Waals surface area contributed by atoms with Gasteiger partial charge in [0.1, 0.15) is 4.21 Å². The van der Waals surface area contributed by atoms with Crippen molar-refractivity contribution in [2.45, 2.75) is 30.4 Å². The van der Waals surface area contributed by atoms with Crippen LogP contribution in [0.1, 0.15) is 26.2 Å². The molecule has 0 bridgehead atoms. The van der Waals surface area contributed by atoms with Crippen LogP contribution in [0.5, 0.6) is 0 Å². The van der Waals surface area contributed by atoms with Crippen LogP contribution >= 0.6 is 27.3 Å². The van der Waals surface area contributed by atoms with Crippen LogP contribution in [0.4, 0.5) is 0 Å². The highest BCUT2D eigenvalue weighted by atomic mass is 79.9. The summed E-state index contributed by atoms with van der Waals surface area (Å²) in [5.41, 5.74) is 0. The minimum absolute atomic E-state index is 0.00542. The van der Waals surface area contributed by atoms with E-state index in [2.05, 4.69) is 15.9 Å². The maximum atomic E-state index is 12.9. The predicted octanol–water partition coefficient (Wildman–Crippen LogP) is 1.99. The standard InChI is InChI=1S/C17H24BrN3O4S2/c1-2-15(22)19-8-10-20(11-9-19)17(23)13-4-3-7-21(12-13)27(24,25)16-6-5-14(18)26-16/h5-6,13H,2-4,7-12H2,1H3. The fraction of sp³-hybridized carbons (Fsp3) is 0.647. The first-order valence-electron chi connectivity index (χ1n) is 9.15. The average Bonchev–Trinajstić information content (AvgIpc) is 3.14. The molecule has 2 saturated heterocycles. The van der Waals surface area contributed by atoms with Gasteiger partial charge in [-0.25, -0.2) is 8.42 Å². The molecule has 1 aromatic rings. The molecule has 2 aliphatic rings. The Hall–Kier alpha value is -0.970. The molecule has 7 nitrogen and oxygen atoms in total. The molecule has 1 unspecified atom stereocenters. The summed E-state index contributed by atoms with van der Waals surface area (Å²) in [6.07, 6.45) is 1.85. The van der Waals surface area contributed by atoms with Gasteiger partial charge in [0.05, 0.1) is 9.70 Å². The Kier molecular flexibility index (Phi) is 6.60. The lowest BCUT2D eigenvalue weighted by atomic mass is 9.97. The molecule has 1 aromatic heterocycles. The van der Waals surface area contributed by atoms with E-state index >= 15 is 0 Å². The summed E-state index contributed by atoms with van der Waals surface area (Å²) < 4.78 is 28.2. The molecule has 1 atom stereocenters. The Morgan fingerprint density at radius 2 is 1.81 bits per heavy atom. The van der Waals surface area contributed by atoms with E-state index in [-0.39, 0.29) is 24.3 Å². The molecule has 2 amide bonds. The van der Waals surface area contributed by atoms with Crippen molar-refractivity contribution in [3.63, 3.8) is 0 Å². The number of carbonyl (C=O) groups is 2. The number of thiophene rings is 1. The SMILES string of the molecule is CCC(=O)N1CCN(C(=O)C2CCCN(S(=O)(=O)c3ccc(Br)s3)C2)CC1. The highest BCUT2D eigenvalue weighted by molar-refractivity contribution is 9.11. The molecule has 0 aromatic carbocycles. The zero-order valence-corrected chi connectivity index (χ0v) is 18.5. The Balaban J connectivity index is 1.63. The van der Waals surface area contributed by atoms with Crippen molar-refractivity contribution < 1.29 is 18.0 Å². The minimum Gasteiger partial charge on any atom is -0.339 e. The average molecular weight is 478 g/mol. The molecule has 0 saturated carbocycles. The number of piperidine rings is 1. The van der Waals surface area contributed by atoms with Gasteiger partial charge in [0.15, 0.2) is 0 Å². The summed E-state index contributed by atoms with van der Waals surface area (Å²) in [4.78, 5) is 28.3. The first kappa shape index (κ1) is 20.8.